The van der Waals surface area contributed by atoms with Gasteiger partial charge in [-0.15, -0.1) is 0 Å². The van der Waals surface area contributed by atoms with Crippen LogP contribution in [0.5, 0.6) is 5.75 Å². The highest BCUT2D eigenvalue weighted by Crippen LogP contribution is 2.32. The Kier molecular flexibility index (Phi) is 3.07. The Hall–Kier alpha value is -3.26. The summed E-state index contributed by atoms with van der Waals surface area (Å²) >= 11 is 4.92. The molecule has 0 radical (unpaired) electrons. The van der Waals surface area contributed by atoms with E-state index in [4.69, 9.17) is 16.6 Å². The topological polar surface area (TPSA) is 112 Å². The summed E-state index contributed by atoms with van der Waals surface area (Å²) in [5, 5.41) is 11.2. The van der Waals surface area contributed by atoms with Crippen molar-refractivity contribution >= 4 is 34.2 Å². The molecular formula is C16H9N3O4S. The first-order chi connectivity index (χ1) is 11.5. The third kappa shape index (κ3) is 2.12. The molecule has 3 aromatic heterocycles. The lowest BCUT2D eigenvalue weighted by atomic mass is 10.1. The number of pyridine rings is 1. The molecule has 0 unspecified atom stereocenters. The Morgan fingerprint density at radius 3 is 2.67 bits per heavy atom. The highest BCUT2D eigenvalue weighted by atomic mass is 32.1. The average Bonchev–Trinajstić information content (AvgIpc) is 2.54. The predicted octanol–water partition coefficient (Wildman–Crippen LogP) is 2.46. The van der Waals surface area contributed by atoms with Gasteiger partial charge in [0, 0.05) is 0 Å². The molecule has 4 rings (SSSR count). The zero-order chi connectivity index (χ0) is 16.8. The summed E-state index contributed by atoms with van der Waals surface area (Å²) in [7, 11) is 0. The van der Waals surface area contributed by atoms with E-state index in [0.29, 0.717) is 5.39 Å². The van der Waals surface area contributed by atoms with Gasteiger partial charge < -0.3 is 14.5 Å². The molecule has 0 fully saturated rings. The van der Waals surface area contributed by atoms with Gasteiger partial charge in [0.1, 0.15) is 22.5 Å². The second-order valence-corrected chi connectivity index (χ2v) is 5.52. The quantitative estimate of drug-likeness (QED) is 0.363. The van der Waals surface area contributed by atoms with Crippen molar-refractivity contribution in [2.75, 3.05) is 0 Å². The van der Waals surface area contributed by atoms with Gasteiger partial charge in [0.15, 0.2) is 4.77 Å². The normalized spacial score (nSPS) is 11.2. The maximum Gasteiger partial charge on any atom is 0.349 e. The molecule has 8 heteroatoms. The Balaban J connectivity index is 2.08. The van der Waals surface area contributed by atoms with E-state index in [1.807, 2.05) is 0 Å². The molecule has 4 aromatic rings. The van der Waals surface area contributed by atoms with Crippen LogP contribution in [0.25, 0.3) is 33.3 Å². The fourth-order valence-corrected chi connectivity index (χ4v) is 2.73. The molecule has 0 spiro atoms. The minimum Gasteiger partial charge on any atom is -0.506 e. The summed E-state index contributed by atoms with van der Waals surface area (Å²) in [5.74, 6) is -0.225. The van der Waals surface area contributed by atoms with E-state index < -0.39 is 5.63 Å². The highest BCUT2D eigenvalue weighted by molar-refractivity contribution is 7.71. The van der Waals surface area contributed by atoms with Crippen LogP contribution in [0.1, 0.15) is 0 Å². The average molecular weight is 339 g/mol. The third-order valence-electron chi connectivity index (χ3n) is 3.64. The summed E-state index contributed by atoms with van der Waals surface area (Å²) in [6.07, 6.45) is 0. The van der Waals surface area contributed by atoms with Gasteiger partial charge in [-0.1, -0.05) is 12.1 Å². The standard InChI is InChI=1S/C16H9N3O4S/c20-12-7-3-1-2-4-10(7)23-15(22)11(12)9-6-5-8-13(17-9)18-16(24)19-14(8)21/h1-6,20H,(H2,17,18,19,21,24). The molecule has 0 aliphatic heterocycles. The number of hydrogen-bond acceptors (Lipinski definition) is 6. The van der Waals surface area contributed by atoms with Crippen LogP contribution in [0.15, 0.2) is 50.4 Å². The van der Waals surface area contributed by atoms with Gasteiger partial charge in [-0.05, 0) is 36.5 Å². The molecule has 0 aliphatic carbocycles. The number of para-hydroxylation sites is 1. The van der Waals surface area contributed by atoms with Gasteiger partial charge in [0.05, 0.1) is 16.5 Å². The smallest absolute Gasteiger partial charge is 0.349 e. The molecule has 0 amide bonds. The van der Waals surface area contributed by atoms with Crippen LogP contribution >= 0.6 is 12.2 Å². The third-order valence-corrected chi connectivity index (χ3v) is 3.84. The van der Waals surface area contributed by atoms with Gasteiger partial charge in [-0.3, -0.25) is 9.78 Å². The van der Waals surface area contributed by atoms with Gasteiger partial charge in [-0.2, -0.15) is 0 Å². The second kappa shape index (κ2) is 5.14. The lowest BCUT2D eigenvalue weighted by Crippen LogP contribution is -2.10. The number of aromatic amines is 2. The number of fused-ring (bicyclic) bond motifs is 2. The molecule has 3 N–H and O–H groups in total. The van der Waals surface area contributed by atoms with Crippen molar-refractivity contribution in [2.45, 2.75) is 0 Å². The zero-order valence-electron chi connectivity index (χ0n) is 12.0. The first kappa shape index (κ1) is 14.3. The van der Waals surface area contributed by atoms with Crippen LogP contribution in [-0.2, 0) is 0 Å². The van der Waals surface area contributed by atoms with Crippen LogP contribution in [0.4, 0.5) is 0 Å². The summed E-state index contributed by atoms with van der Waals surface area (Å²) < 4.78 is 5.35. The molecule has 118 valence electrons. The number of benzene rings is 1. The van der Waals surface area contributed by atoms with E-state index in [-0.39, 0.29) is 44.0 Å². The maximum absolute atomic E-state index is 12.3. The van der Waals surface area contributed by atoms with E-state index in [1.165, 1.54) is 12.1 Å². The molecule has 0 saturated heterocycles. The molecule has 0 saturated carbocycles. The summed E-state index contributed by atoms with van der Waals surface area (Å²) in [4.78, 5) is 33.5. The summed E-state index contributed by atoms with van der Waals surface area (Å²) in [6, 6.07) is 9.60. The van der Waals surface area contributed by atoms with E-state index in [1.54, 1.807) is 24.3 Å². The van der Waals surface area contributed by atoms with Crippen LogP contribution in [0.2, 0.25) is 0 Å². The number of nitrogens with zero attached hydrogens (tertiary/aromatic N) is 1. The minimum absolute atomic E-state index is 0.0739. The number of hydrogen-bond donors (Lipinski definition) is 3. The molecule has 0 aliphatic rings. The fourth-order valence-electron chi connectivity index (χ4n) is 2.55. The Bertz CT molecular complexity index is 1290. The Morgan fingerprint density at radius 2 is 1.83 bits per heavy atom. The Labute approximate surface area is 138 Å². The molecule has 0 atom stereocenters. The van der Waals surface area contributed by atoms with Crippen molar-refractivity contribution < 1.29 is 9.52 Å². The van der Waals surface area contributed by atoms with Crippen molar-refractivity contribution in [1.82, 2.24) is 15.0 Å². The largest absolute Gasteiger partial charge is 0.506 e. The predicted molar refractivity (Wildman–Crippen MR) is 90.7 cm³/mol. The lowest BCUT2D eigenvalue weighted by Gasteiger charge is -2.06. The summed E-state index contributed by atoms with van der Waals surface area (Å²) in [5.41, 5.74) is -0.511. The molecule has 0 bridgehead atoms. The van der Waals surface area contributed by atoms with Gasteiger partial charge in [0.25, 0.3) is 5.56 Å². The van der Waals surface area contributed by atoms with Crippen LogP contribution in [0, 0.1) is 4.77 Å². The fraction of sp³-hybridized carbons (Fsp3) is 0. The summed E-state index contributed by atoms with van der Waals surface area (Å²) in [6.45, 7) is 0. The van der Waals surface area contributed by atoms with Crippen molar-refractivity contribution in [1.29, 1.82) is 0 Å². The number of H-pyrrole nitrogens is 2. The number of aromatic hydroxyl groups is 1. The van der Waals surface area contributed by atoms with Crippen LogP contribution in [-0.4, -0.2) is 20.1 Å². The molecule has 7 nitrogen and oxygen atoms in total. The number of nitrogens with one attached hydrogen (secondary N) is 2. The molecule has 24 heavy (non-hydrogen) atoms. The minimum atomic E-state index is -0.721. The lowest BCUT2D eigenvalue weighted by molar-refractivity contribution is 0.471. The first-order valence-corrected chi connectivity index (χ1v) is 7.34. The van der Waals surface area contributed by atoms with E-state index in [9.17, 15) is 14.7 Å². The maximum atomic E-state index is 12.3. The Morgan fingerprint density at radius 1 is 1.04 bits per heavy atom. The molecular weight excluding hydrogens is 330 g/mol. The van der Waals surface area contributed by atoms with Gasteiger partial charge in [0.2, 0.25) is 0 Å². The molecule has 1 aromatic carbocycles. The van der Waals surface area contributed by atoms with Crippen molar-refractivity contribution in [3.8, 4) is 17.0 Å². The number of rotatable bonds is 1. The van der Waals surface area contributed by atoms with Crippen molar-refractivity contribution in [3.05, 3.63) is 61.9 Å². The number of aromatic nitrogens is 3. The van der Waals surface area contributed by atoms with Crippen molar-refractivity contribution in [3.63, 3.8) is 0 Å². The SMILES string of the molecule is O=c1oc2ccccc2c(O)c1-c1ccc2c(=O)[nH]c(=S)[nH]c2n1. The first-order valence-electron chi connectivity index (χ1n) is 6.93. The zero-order valence-corrected chi connectivity index (χ0v) is 12.8. The highest BCUT2D eigenvalue weighted by Gasteiger charge is 2.17. The molecule has 3 heterocycles. The van der Waals surface area contributed by atoms with E-state index in [2.05, 4.69) is 15.0 Å². The monoisotopic (exact) mass is 339 g/mol. The van der Waals surface area contributed by atoms with E-state index in [0.717, 1.165) is 0 Å². The van der Waals surface area contributed by atoms with Gasteiger partial charge in [-0.25, -0.2) is 9.78 Å². The van der Waals surface area contributed by atoms with Crippen LogP contribution in [0.3, 0.4) is 0 Å². The van der Waals surface area contributed by atoms with E-state index >= 15 is 0 Å². The van der Waals surface area contributed by atoms with Crippen molar-refractivity contribution in [2.24, 2.45) is 0 Å². The van der Waals surface area contributed by atoms with Gasteiger partial charge >= 0.3 is 5.63 Å². The van der Waals surface area contributed by atoms with Crippen LogP contribution < -0.4 is 11.2 Å². The second-order valence-electron chi connectivity index (χ2n) is 5.11.